The number of nitrogens with zero attached hydrogens (tertiary/aromatic N) is 4. The minimum Gasteiger partial charge on any atom is -0.393 e. The summed E-state index contributed by atoms with van der Waals surface area (Å²) in [5.41, 5.74) is 0.277. The van der Waals surface area contributed by atoms with Crippen LogP contribution in [0.15, 0.2) is 17.2 Å². The lowest BCUT2D eigenvalue weighted by Crippen LogP contribution is -2.36. The summed E-state index contributed by atoms with van der Waals surface area (Å²) in [6, 6.07) is 1.77. The van der Waals surface area contributed by atoms with E-state index in [0.717, 1.165) is 31.7 Å². The maximum atomic E-state index is 11.3. The Morgan fingerprint density at radius 2 is 2.18 bits per heavy atom. The van der Waals surface area contributed by atoms with Crippen molar-refractivity contribution in [3.63, 3.8) is 0 Å². The average molecular weight is 235 g/mol. The van der Waals surface area contributed by atoms with Crippen molar-refractivity contribution >= 4 is 11.5 Å². The predicted octanol–water partition coefficient (Wildman–Crippen LogP) is -0.621. The fourth-order valence-corrected chi connectivity index (χ4v) is 2.07. The van der Waals surface area contributed by atoms with Crippen molar-refractivity contribution in [2.75, 3.05) is 18.0 Å². The highest BCUT2D eigenvalue weighted by Gasteiger charge is 2.18. The second-order valence-electron chi connectivity index (χ2n) is 4.22. The van der Waals surface area contributed by atoms with Crippen LogP contribution < -0.4 is 10.6 Å². The highest BCUT2D eigenvalue weighted by molar-refractivity contribution is 5.50. The molecule has 0 atom stereocenters. The summed E-state index contributed by atoms with van der Waals surface area (Å²) in [4.78, 5) is 17.6. The Bertz CT molecular complexity index is 582. The van der Waals surface area contributed by atoms with Gasteiger partial charge in [-0.25, -0.2) is 19.3 Å². The standard InChI is InChI=1S/C10H13N5O2/c16-7-1-3-14(4-2-7)8-5-9-12-13-10(17)15(9)6-11-8/h5-7,16H,1-4H2,(H,13,17). The van der Waals surface area contributed by atoms with Crippen LogP contribution in [-0.2, 0) is 0 Å². The summed E-state index contributed by atoms with van der Waals surface area (Å²) in [7, 11) is 0. The van der Waals surface area contributed by atoms with Gasteiger partial charge in [0.05, 0.1) is 6.10 Å². The molecular formula is C10H13N5O2. The van der Waals surface area contributed by atoms with Crippen molar-refractivity contribution in [2.24, 2.45) is 0 Å². The highest BCUT2D eigenvalue weighted by atomic mass is 16.3. The van der Waals surface area contributed by atoms with Gasteiger partial charge in [0.25, 0.3) is 0 Å². The fourth-order valence-electron chi connectivity index (χ4n) is 2.07. The summed E-state index contributed by atoms with van der Waals surface area (Å²) in [6.45, 7) is 1.55. The van der Waals surface area contributed by atoms with E-state index in [0.29, 0.717) is 5.65 Å². The monoisotopic (exact) mass is 235 g/mol. The van der Waals surface area contributed by atoms with Crippen LogP contribution in [0, 0.1) is 0 Å². The van der Waals surface area contributed by atoms with Gasteiger partial charge in [0.1, 0.15) is 12.1 Å². The molecule has 2 aromatic heterocycles. The van der Waals surface area contributed by atoms with E-state index in [4.69, 9.17) is 0 Å². The maximum absolute atomic E-state index is 11.3. The Hall–Kier alpha value is -1.89. The number of fused-ring (bicyclic) bond motifs is 1. The van der Waals surface area contributed by atoms with Crippen LogP contribution in [0.4, 0.5) is 5.82 Å². The number of hydrogen-bond donors (Lipinski definition) is 2. The average Bonchev–Trinajstić information content (AvgIpc) is 2.72. The molecule has 0 saturated carbocycles. The van der Waals surface area contributed by atoms with Gasteiger partial charge in [0.15, 0.2) is 5.65 Å². The van der Waals surface area contributed by atoms with Crippen molar-refractivity contribution in [1.82, 2.24) is 19.6 Å². The lowest BCUT2D eigenvalue weighted by molar-refractivity contribution is 0.145. The number of nitrogens with one attached hydrogen (secondary N) is 1. The Morgan fingerprint density at radius 3 is 2.94 bits per heavy atom. The Kier molecular flexibility index (Phi) is 2.32. The van der Waals surface area contributed by atoms with E-state index in [1.807, 2.05) is 0 Å². The topological polar surface area (TPSA) is 86.5 Å². The molecule has 7 nitrogen and oxygen atoms in total. The van der Waals surface area contributed by atoms with Gasteiger partial charge in [0, 0.05) is 19.2 Å². The van der Waals surface area contributed by atoms with Crippen molar-refractivity contribution in [3.8, 4) is 0 Å². The number of aliphatic hydroxyl groups excluding tert-OH is 1. The van der Waals surface area contributed by atoms with Crippen molar-refractivity contribution in [2.45, 2.75) is 18.9 Å². The molecular weight excluding hydrogens is 222 g/mol. The lowest BCUT2D eigenvalue weighted by Gasteiger charge is -2.30. The van der Waals surface area contributed by atoms with Crippen LogP contribution >= 0.6 is 0 Å². The van der Waals surface area contributed by atoms with Gasteiger partial charge >= 0.3 is 5.69 Å². The molecule has 1 fully saturated rings. The number of anilines is 1. The van der Waals surface area contributed by atoms with Gasteiger partial charge in [-0.3, -0.25) is 0 Å². The van der Waals surface area contributed by atoms with E-state index >= 15 is 0 Å². The second-order valence-corrected chi connectivity index (χ2v) is 4.22. The molecule has 2 aromatic rings. The van der Waals surface area contributed by atoms with Crippen molar-refractivity contribution < 1.29 is 5.11 Å². The van der Waals surface area contributed by atoms with E-state index in [1.54, 1.807) is 6.07 Å². The lowest BCUT2D eigenvalue weighted by atomic mass is 10.1. The molecule has 0 aliphatic carbocycles. The molecule has 0 unspecified atom stereocenters. The molecule has 7 heteroatoms. The zero-order valence-corrected chi connectivity index (χ0v) is 9.20. The van der Waals surface area contributed by atoms with E-state index in [1.165, 1.54) is 10.7 Å². The van der Waals surface area contributed by atoms with Gasteiger partial charge in [-0.05, 0) is 12.8 Å². The van der Waals surface area contributed by atoms with E-state index < -0.39 is 0 Å². The third-order valence-corrected chi connectivity index (χ3v) is 3.08. The Morgan fingerprint density at radius 1 is 1.41 bits per heavy atom. The third kappa shape index (κ3) is 1.78. The summed E-state index contributed by atoms with van der Waals surface area (Å²) in [5.74, 6) is 0.795. The zero-order valence-electron chi connectivity index (χ0n) is 9.20. The predicted molar refractivity (Wildman–Crippen MR) is 61.1 cm³/mol. The fraction of sp³-hybridized carbons (Fsp3) is 0.500. The van der Waals surface area contributed by atoms with Crippen molar-refractivity contribution in [3.05, 3.63) is 22.9 Å². The molecule has 90 valence electrons. The molecule has 17 heavy (non-hydrogen) atoms. The molecule has 1 aliphatic heterocycles. The number of aliphatic hydroxyl groups is 1. The van der Waals surface area contributed by atoms with Crippen LogP contribution in [0.3, 0.4) is 0 Å². The first-order valence-electron chi connectivity index (χ1n) is 5.60. The van der Waals surface area contributed by atoms with E-state index in [2.05, 4.69) is 20.1 Å². The van der Waals surface area contributed by atoms with Gasteiger partial charge in [0.2, 0.25) is 0 Å². The number of rotatable bonds is 1. The highest BCUT2D eigenvalue weighted by Crippen LogP contribution is 2.17. The Balaban J connectivity index is 1.93. The van der Waals surface area contributed by atoms with Crippen LogP contribution in [0.1, 0.15) is 12.8 Å². The quantitative estimate of drug-likeness (QED) is 0.688. The third-order valence-electron chi connectivity index (χ3n) is 3.08. The molecule has 0 spiro atoms. The number of aromatic nitrogens is 4. The molecule has 0 radical (unpaired) electrons. The summed E-state index contributed by atoms with van der Waals surface area (Å²) >= 11 is 0. The first-order valence-corrected chi connectivity index (χ1v) is 5.60. The first kappa shape index (κ1) is 10.3. The number of hydrogen-bond acceptors (Lipinski definition) is 5. The Labute approximate surface area is 96.7 Å². The van der Waals surface area contributed by atoms with Gasteiger partial charge in [-0.2, -0.15) is 5.10 Å². The SMILES string of the molecule is O=c1[nH]nc2cc(N3CCC(O)CC3)ncn12. The van der Waals surface area contributed by atoms with Gasteiger partial charge in [-0.15, -0.1) is 0 Å². The van der Waals surface area contributed by atoms with Crippen LogP contribution in [0.2, 0.25) is 0 Å². The molecule has 0 bridgehead atoms. The normalized spacial score (nSPS) is 17.8. The van der Waals surface area contributed by atoms with Crippen LogP contribution in [0.25, 0.3) is 5.65 Å². The van der Waals surface area contributed by atoms with E-state index in [9.17, 15) is 9.90 Å². The summed E-state index contributed by atoms with van der Waals surface area (Å²) < 4.78 is 1.36. The first-order chi connectivity index (χ1) is 8.24. The van der Waals surface area contributed by atoms with Crippen molar-refractivity contribution in [1.29, 1.82) is 0 Å². The smallest absolute Gasteiger partial charge is 0.348 e. The summed E-state index contributed by atoms with van der Waals surface area (Å²) in [6.07, 6.45) is 2.77. The van der Waals surface area contributed by atoms with E-state index in [-0.39, 0.29) is 11.8 Å². The number of aromatic amines is 1. The zero-order chi connectivity index (χ0) is 11.8. The van der Waals surface area contributed by atoms with Crippen LogP contribution in [0.5, 0.6) is 0 Å². The summed E-state index contributed by atoms with van der Waals surface area (Å²) in [5, 5.41) is 15.7. The molecule has 1 aliphatic rings. The van der Waals surface area contributed by atoms with Gasteiger partial charge in [-0.1, -0.05) is 0 Å². The number of piperidine rings is 1. The minimum atomic E-state index is -0.284. The van der Waals surface area contributed by atoms with Crippen LogP contribution in [-0.4, -0.2) is 43.9 Å². The molecule has 3 heterocycles. The van der Waals surface area contributed by atoms with Gasteiger partial charge < -0.3 is 10.0 Å². The molecule has 0 amide bonds. The molecule has 0 aromatic carbocycles. The maximum Gasteiger partial charge on any atom is 0.348 e. The molecule has 1 saturated heterocycles. The molecule has 3 rings (SSSR count). The molecule has 2 N–H and O–H groups in total. The number of H-pyrrole nitrogens is 1. The second kappa shape index (κ2) is 3.85. The largest absolute Gasteiger partial charge is 0.393 e. The minimum absolute atomic E-state index is 0.206.